The number of benzene rings is 3. The Bertz CT molecular complexity index is 1670. The van der Waals surface area contributed by atoms with Gasteiger partial charge in [0.05, 0.1) is 23.8 Å². The molecule has 10 nitrogen and oxygen atoms in total. The molecular weight excluding hydrogens is 558 g/mol. The van der Waals surface area contributed by atoms with Gasteiger partial charge in [-0.3, -0.25) is 15.3 Å². The van der Waals surface area contributed by atoms with Crippen LogP contribution >= 0.6 is 11.5 Å². The first-order chi connectivity index (χ1) is 21.2. The van der Waals surface area contributed by atoms with E-state index < -0.39 is 0 Å². The molecule has 3 aromatic carbocycles. The Morgan fingerprint density at radius 1 is 0.884 bits per heavy atom. The maximum Gasteiger partial charge on any atom is 0.323 e. The summed E-state index contributed by atoms with van der Waals surface area (Å²) in [6.45, 7) is 1.02. The van der Waals surface area contributed by atoms with Crippen LogP contribution in [0.2, 0.25) is 0 Å². The first-order valence-corrected chi connectivity index (χ1v) is 14.7. The fourth-order valence-corrected chi connectivity index (χ4v) is 5.46. The number of carbonyl (C=O) groups excluding carboxylic acids is 1. The van der Waals surface area contributed by atoms with Gasteiger partial charge in [-0.2, -0.15) is 9.36 Å². The Kier molecular flexibility index (Phi) is 8.80. The number of hydrogen-bond acceptors (Lipinski definition) is 8. The Morgan fingerprint density at radius 3 is 2.28 bits per heavy atom. The van der Waals surface area contributed by atoms with Gasteiger partial charge in [-0.1, -0.05) is 65.9 Å². The van der Waals surface area contributed by atoms with Gasteiger partial charge >= 0.3 is 6.03 Å². The van der Waals surface area contributed by atoms with E-state index in [4.69, 9.17) is 0 Å². The van der Waals surface area contributed by atoms with Crippen molar-refractivity contribution in [2.24, 2.45) is 0 Å². The van der Waals surface area contributed by atoms with Crippen molar-refractivity contribution in [2.45, 2.75) is 18.8 Å². The summed E-state index contributed by atoms with van der Waals surface area (Å²) >= 11 is 1.16. The van der Waals surface area contributed by atoms with Gasteiger partial charge in [-0.15, -0.1) is 5.10 Å². The van der Waals surface area contributed by atoms with Crippen molar-refractivity contribution in [3.8, 4) is 17.1 Å². The summed E-state index contributed by atoms with van der Waals surface area (Å²) in [5.74, 6) is 0.688. The molecule has 2 amide bonds. The molecular formula is C32H29N9OS. The second kappa shape index (κ2) is 13.6. The average Bonchev–Trinajstić information content (AvgIpc) is 3.77. The van der Waals surface area contributed by atoms with Crippen LogP contribution in [0.3, 0.4) is 0 Å². The number of nitrogens with zero attached hydrogens (tertiary/aromatic N) is 8. The number of aromatic nitrogens is 7. The molecule has 0 aliphatic rings. The van der Waals surface area contributed by atoms with Gasteiger partial charge in [-0.25, -0.2) is 9.48 Å². The van der Waals surface area contributed by atoms with Gasteiger partial charge in [0, 0.05) is 61.1 Å². The molecule has 0 unspecified atom stereocenters. The molecule has 3 heterocycles. The zero-order chi connectivity index (χ0) is 29.3. The molecule has 3 aromatic heterocycles. The molecule has 0 aliphatic carbocycles. The van der Waals surface area contributed by atoms with Gasteiger partial charge in [0.15, 0.2) is 5.82 Å². The normalized spacial score (nSPS) is 11.0. The molecule has 6 rings (SSSR count). The van der Waals surface area contributed by atoms with Crippen LogP contribution in [0.5, 0.6) is 0 Å². The highest BCUT2D eigenvalue weighted by Gasteiger charge is 2.21. The van der Waals surface area contributed by atoms with Crippen LogP contribution in [0.25, 0.3) is 17.1 Å². The third-order valence-electron chi connectivity index (χ3n) is 7.09. The van der Waals surface area contributed by atoms with Crippen LogP contribution in [0.4, 0.5) is 9.93 Å². The lowest BCUT2D eigenvalue weighted by Crippen LogP contribution is -2.38. The van der Waals surface area contributed by atoms with Crippen molar-refractivity contribution in [1.29, 1.82) is 0 Å². The highest BCUT2D eigenvalue weighted by atomic mass is 32.1. The minimum absolute atomic E-state index is 0.142. The van der Waals surface area contributed by atoms with E-state index in [0.29, 0.717) is 30.5 Å². The quantitative estimate of drug-likeness (QED) is 0.201. The van der Waals surface area contributed by atoms with E-state index in [2.05, 4.69) is 83.5 Å². The van der Waals surface area contributed by atoms with Crippen LogP contribution in [0.15, 0.2) is 116 Å². The molecule has 11 heteroatoms. The first-order valence-electron chi connectivity index (χ1n) is 13.9. The summed E-state index contributed by atoms with van der Waals surface area (Å²) in [4.78, 5) is 28.6. The standard InChI is InChI=1S/C32H29N9OS/c42-32(37-31-36-30(38-43-31)26-11-13-28(14-12-26)41-22-19-35-39-41)40(20-15-27-23-33-17-18-34-27)21-16-29(24-7-3-1-4-8-24)25-9-5-2-6-10-25/h1-14,17-19,22-23,29H,15-16,20-21H2,(H,36,37,38,42). The Labute approximate surface area is 253 Å². The second-order valence-electron chi connectivity index (χ2n) is 9.84. The van der Waals surface area contributed by atoms with Crippen molar-refractivity contribution < 1.29 is 4.79 Å². The van der Waals surface area contributed by atoms with Gasteiger partial charge in [-0.05, 0) is 41.8 Å². The summed E-state index contributed by atoms with van der Waals surface area (Å²) in [6.07, 6.45) is 9.80. The van der Waals surface area contributed by atoms with E-state index in [0.717, 1.165) is 34.9 Å². The minimum atomic E-state index is -0.229. The highest BCUT2D eigenvalue weighted by molar-refractivity contribution is 7.10. The second-order valence-corrected chi connectivity index (χ2v) is 10.6. The van der Waals surface area contributed by atoms with E-state index in [-0.39, 0.29) is 11.9 Å². The molecule has 0 fully saturated rings. The smallest absolute Gasteiger partial charge is 0.323 e. The van der Waals surface area contributed by atoms with Crippen LogP contribution in [0, 0.1) is 0 Å². The summed E-state index contributed by atoms with van der Waals surface area (Å²) in [7, 11) is 0. The zero-order valence-corrected chi connectivity index (χ0v) is 24.1. The average molecular weight is 588 g/mol. The molecule has 0 saturated carbocycles. The van der Waals surface area contributed by atoms with E-state index >= 15 is 0 Å². The van der Waals surface area contributed by atoms with Gasteiger partial charge in [0.2, 0.25) is 5.13 Å². The predicted octanol–water partition coefficient (Wildman–Crippen LogP) is 5.87. The summed E-state index contributed by atoms with van der Waals surface area (Å²) in [6, 6.07) is 28.3. The molecule has 0 spiro atoms. The molecule has 43 heavy (non-hydrogen) atoms. The topological polar surface area (TPSA) is 115 Å². The minimum Gasteiger partial charge on any atom is -0.324 e. The number of amides is 2. The fraction of sp³-hybridized carbons (Fsp3) is 0.156. The molecule has 1 N–H and O–H groups in total. The molecule has 0 saturated heterocycles. The van der Waals surface area contributed by atoms with Gasteiger partial charge < -0.3 is 4.90 Å². The maximum absolute atomic E-state index is 13.6. The lowest BCUT2D eigenvalue weighted by atomic mass is 9.88. The van der Waals surface area contributed by atoms with Crippen molar-refractivity contribution in [3.05, 3.63) is 133 Å². The van der Waals surface area contributed by atoms with Crippen LogP contribution in [0.1, 0.15) is 29.2 Å². The van der Waals surface area contributed by atoms with Gasteiger partial charge in [0.1, 0.15) is 0 Å². The number of nitrogens with one attached hydrogen (secondary N) is 1. The summed E-state index contributed by atoms with van der Waals surface area (Å²) in [5.41, 5.74) is 4.98. The summed E-state index contributed by atoms with van der Waals surface area (Å²) < 4.78 is 6.16. The SMILES string of the molecule is O=C(Nc1nc(-c2ccc(-n3ccnn3)cc2)ns1)N(CCc1cnccn1)CCC(c1ccccc1)c1ccccc1. The van der Waals surface area contributed by atoms with Crippen LogP contribution in [-0.2, 0) is 6.42 Å². The molecule has 0 aliphatic heterocycles. The number of rotatable bonds is 11. The number of urea groups is 1. The first kappa shape index (κ1) is 27.9. The highest BCUT2D eigenvalue weighted by Crippen LogP contribution is 2.28. The van der Waals surface area contributed by atoms with E-state index in [1.807, 2.05) is 41.3 Å². The predicted molar refractivity (Wildman–Crippen MR) is 166 cm³/mol. The number of anilines is 1. The Balaban J connectivity index is 1.17. The number of carbonyl (C=O) groups is 1. The molecule has 0 radical (unpaired) electrons. The fourth-order valence-electron chi connectivity index (χ4n) is 4.88. The molecule has 214 valence electrons. The van der Waals surface area contributed by atoms with Crippen LogP contribution in [-0.4, -0.2) is 58.3 Å². The van der Waals surface area contributed by atoms with Gasteiger partial charge in [0.25, 0.3) is 0 Å². The van der Waals surface area contributed by atoms with Crippen molar-refractivity contribution >= 4 is 22.7 Å². The Morgan fingerprint density at radius 2 is 1.63 bits per heavy atom. The maximum atomic E-state index is 13.6. The number of hydrogen-bond donors (Lipinski definition) is 1. The monoisotopic (exact) mass is 587 g/mol. The summed E-state index contributed by atoms with van der Waals surface area (Å²) in [5, 5.41) is 11.3. The van der Waals surface area contributed by atoms with Crippen molar-refractivity contribution in [1.82, 2.24) is 39.2 Å². The third-order valence-corrected chi connectivity index (χ3v) is 7.72. The van der Waals surface area contributed by atoms with E-state index in [1.165, 1.54) is 11.1 Å². The molecule has 6 aromatic rings. The zero-order valence-electron chi connectivity index (χ0n) is 23.3. The van der Waals surface area contributed by atoms with E-state index in [9.17, 15) is 4.79 Å². The lowest BCUT2D eigenvalue weighted by Gasteiger charge is -2.26. The molecule has 0 atom stereocenters. The third kappa shape index (κ3) is 7.14. The largest absolute Gasteiger partial charge is 0.324 e. The van der Waals surface area contributed by atoms with Crippen molar-refractivity contribution in [2.75, 3.05) is 18.4 Å². The molecule has 0 bridgehead atoms. The Hall–Kier alpha value is -5.29. The lowest BCUT2D eigenvalue weighted by molar-refractivity contribution is 0.210. The van der Waals surface area contributed by atoms with Crippen molar-refractivity contribution in [3.63, 3.8) is 0 Å². The van der Waals surface area contributed by atoms with E-state index in [1.54, 1.807) is 35.7 Å². The van der Waals surface area contributed by atoms with Crippen LogP contribution < -0.4 is 5.32 Å².